The van der Waals surface area contributed by atoms with Crippen molar-refractivity contribution in [3.05, 3.63) is 54.5 Å². The van der Waals surface area contributed by atoms with Crippen LogP contribution >= 0.6 is 0 Å². The quantitative estimate of drug-likeness (QED) is 0.399. The van der Waals surface area contributed by atoms with E-state index >= 15 is 0 Å². The minimum absolute atomic E-state index is 0.00928. The normalized spacial score (nSPS) is 12.3. The molecule has 0 aliphatic heterocycles. The molecule has 5 nitrogen and oxygen atoms in total. The SMILES string of the molecule is O=S(=O)(Oc1cc2cccnc2c(-c2cccc(F)c2)n1)C(F)(F)F. The monoisotopic (exact) mass is 372 g/mol. The van der Waals surface area contributed by atoms with Gasteiger partial charge in [0.2, 0.25) is 5.88 Å². The van der Waals surface area contributed by atoms with Gasteiger partial charge in [0.05, 0.1) is 5.52 Å². The van der Waals surface area contributed by atoms with E-state index in [-0.39, 0.29) is 22.2 Å². The van der Waals surface area contributed by atoms with Crippen LogP contribution in [0.1, 0.15) is 0 Å². The molecule has 0 N–H and O–H groups in total. The van der Waals surface area contributed by atoms with Crippen molar-refractivity contribution in [2.24, 2.45) is 0 Å². The Labute approximate surface area is 139 Å². The Morgan fingerprint density at radius 2 is 1.80 bits per heavy atom. The fraction of sp³-hybridized carbons (Fsp3) is 0.0667. The second kappa shape index (κ2) is 5.96. The Balaban J connectivity index is 2.20. The van der Waals surface area contributed by atoms with Crippen molar-refractivity contribution in [2.45, 2.75) is 5.51 Å². The lowest BCUT2D eigenvalue weighted by atomic mass is 10.1. The third kappa shape index (κ3) is 3.38. The Kier molecular flexibility index (Phi) is 4.07. The summed E-state index contributed by atoms with van der Waals surface area (Å²) in [7, 11) is -5.88. The topological polar surface area (TPSA) is 69.2 Å². The summed E-state index contributed by atoms with van der Waals surface area (Å²) in [4.78, 5) is 7.84. The van der Waals surface area contributed by atoms with Crippen molar-refractivity contribution in [2.75, 3.05) is 0 Å². The second-order valence-corrected chi connectivity index (χ2v) is 6.42. The maximum Gasteiger partial charge on any atom is 0.534 e. The molecule has 0 bridgehead atoms. The summed E-state index contributed by atoms with van der Waals surface area (Å²) in [6.07, 6.45) is 1.42. The van der Waals surface area contributed by atoms with Gasteiger partial charge in [-0.05, 0) is 18.2 Å². The van der Waals surface area contributed by atoms with E-state index in [1.807, 2.05) is 0 Å². The molecule has 25 heavy (non-hydrogen) atoms. The molecule has 2 aromatic heterocycles. The highest BCUT2D eigenvalue weighted by Crippen LogP contribution is 2.31. The molecule has 3 aromatic rings. The van der Waals surface area contributed by atoms with Gasteiger partial charge in [-0.25, -0.2) is 9.37 Å². The Morgan fingerprint density at radius 3 is 2.48 bits per heavy atom. The van der Waals surface area contributed by atoms with Crippen molar-refractivity contribution in [1.29, 1.82) is 0 Å². The summed E-state index contributed by atoms with van der Waals surface area (Å²) in [5.41, 5.74) is -5.15. The van der Waals surface area contributed by atoms with E-state index < -0.39 is 27.3 Å². The van der Waals surface area contributed by atoms with Gasteiger partial charge >= 0.3 is 15.6 Å². The summed E-state index contributed by atoms with van der Waals surface area (Å²) >= 11 is 0. The molecular formula is C15H8F4N2O3S. The van der Waals surface area contributed by atoms with Gasteiger partial charge < -0.3 is 4.18 Å². The van der Waals surface area contributed by atoms with E-state index in [4.69, 9.17) is 0 Å². The van der Waals surface area contributed by atoms with Crippen LogP contribution in [0.2, 0.25) is 0 Å². The van der Waals surface area contributed by atoms with Gasteiger partial charge in [0.15, 0.2) is 0 Å². The molecule has 0 radical (unpaired) electrons. The number of nitrogens with zero attached hydrogens (tertiary/aromatic N) is 2. The molecule has 0 aliphatic carbocycles. The van der Waals surface area contributed by atoms with E-state index in [2.05, 4.69) is 14.2 Å². The molecule has 0 amide bonds. The molecular weight excluding hydrogens is 364 g/mol. The molecule has 0 unspecified atom stereocenters. The van der Waals surface area contributed by atoms with Crippen LogP contribution in [-0.4, -0.2) is 23.9 Å². The Hall–Kier alpha value is -2.75. The number of hydrogen-bond donors (Lipinski definition) is 0. The third-order valence-electron chi connectivity index (χ3n) is 3.14. The first-order valence-electron chi connectivity index (χ1n) is 6.70. The highest BCUT2D eigenvalue weighted by Gasteiger charge is 2.48. The summed E-state index contributed by atoms with van der Waals surface area (Å²) in [6, 6.07) is 9.10. The standard InChI is InChI=1S/C15H8F4N2O3S/c16-11-5-1-3-9(7-11)14-13-10(4-2-6-20-13)8-12(21-14)24-25(22,23)15(17,18)19/h1-8H. The molecule has 10 heteroatoms. The van der Waals surface area contributed by atoms with Gasteiger partial charge in [-0.1, -0.05) is 18.2 Å². The van der Waals surface area contributed by atoms with Gasteiger partial charge in [-0.3, -0.25) is 4.98 Å². The van der Waals surface area contributed by atoms with Crippen LogP contribution in [0.3, 0.4) is 0 Å². The molecule has 2 heterocycles. The number of hydrogen-bond acceptors (Lipinski definition) is 5. The highest BCUT2D eigenvalue weighted by molar-refractivity contribution is 7.87. The zero-order valence-electron chi connectivity index (χ0n) is 12.2. The smallest absolute Gasteiger partial charge is 0.355 e. The first-order valence-corrected chi connectivity index (χ1v) is 8.11. The molecule has 3 rings (SSSR count). The minimum Gasteiger partial charge on any atom is -0.355 e. The van der Waals surface area contributed by atoms with Crippen molar-refractivity contribution in [3.63, 3.8) is 0 Å². The number of halogens is 4. The first-order chi connectivity index (χ1) is 11.7. The van der Waals surface area contributed by atoms with Crippen molar-refractivity contribution in [3.8, 4) is 17.1 Å². The number of pyridine rings is 2. The molecule has 130 valence electrons. The lowest BCUT2D eigenvalue weighted by molar-refractivity contribution is -0.0501. The molecule has 1 aromatic carbocycles. The van der Waals surface area contributed by atoms with E-state index in [0.717, 1.165) is 12.1 Å². The van der Waals surface area contributed by atoms with Crippen LogP contribution in [-0.2, 0) is 10.1 Å². The lowest BCUT2D eigenvalue weighted by Gasteiger charge is -2.11. The van der Waals surface area contributed by atoms with Gasteiger partial charge in [0.25, 0.3) is 0 Å². The molecule has 0 atom stereocenters. The molecule has 0 saturated carbocycles. The zero-order valence-corrected chi connectivity index (χ0v) is 13.0. The lowest BCUT2D eigenvalue weighted by Crippen LogP contribution is -2.28. The summed E-state index contributed by atoms with van der Waals surface area (Å²) in [5.74, 6) is -1.39. The van der Waals surface area contributed by atoms with Crippen LogP contribution in [0, 0.1) is 5.82 Å². The van der Waals surface area contributed by atoms with Crippen LogP contribution in [0.4, 0.5) is 17.6 Å². The third-order valence-corrected chi connectivity index (χ3v) is 4.10. The van der Waals surface area contributed by atoms with E-state index in [1.165, 1.54) is 36.5 Å². The number of rotatable bonds is 3. The highest BCUT2D eigenvalue weighted by atomic mass is 32.2. The Morgan fingerprint density at radius 1 is 1.04 bits per heavy atom. The molecule has 0 aliphatic rings. The van der Waals surface area contributed by atoms with Crippen molar-refractivity contribution >= 4 is 21.0 Å². The Bertz CT molecular complexity index is 1050. The minimum atomic E-state index is -5.88. The predicted molar refractivity (Wildman–Crippen MR) is 80.5 cm³/mol. The number of benzene rings is 1. The predicted octanol–water partition coefficient (Wildman–Crippen LogP) is 3.66. The van der Waals surface area contributed by atoms with E-state index in [1.54, 1.807) is 0 Å². The van der Waals surface area contributed by atoms with Crippen LogP contribution in [0.15, 0.2) is 48.7 Å². The van der Waals surface area contributed by atoms with Gasteiger partial charge in [-0.2, -0.15) is 21.6 Å². The number of aromatic nitrogens is 2. The molecule has 0 fully saturated rings. The van der Waals surface area contributed by atoms with Gasteiger partial charge in [0, 0.05) is 23.2 Å². The average Bonchev–Trinajstić information content (AvgIpc) is 2.52. The molecule has 0 spiro atoms. The summed E-state index contributed by atoms with van der Waals surface area (Å²) in [5, 5.41) is 0.282. The van der Waals surface area contributed by atoms with Gasteiger partial charge in [-0.15, -0.1) is 0 Å². The van der Waals surface area contributed by atoms with Crippen molar-refractivity contribution < 1.29 is 30.2 Å². The van der Waals surface area contributed by atoms with Crippen LogP contribution in [0.5, 0.6) is 5.88 Å². The number of fused-ring (bicyclic) bond motifs is 1. The number of alkyl halides is 3. The average molecular weight is 372 g/mol. The fourth-order valence-corrected chi connectivity index (χ4v) is 2.50. The maximum atomic E-state index is 13.5. The van der Waals surface area contributed by atoms with Gasteiger partial charge in [0.1, 0.15) is 11.5 Å². The first kappa shape index (κ1) is 17.1. The fourth-order valence-electron chi connectivity index (χ4n) is 2.10. The maximum absolute atomic E-state index is 13.5. The largest absolute Gasteiger partial charge is 0.534 e. The van der Waals surface area contributed by atoms with Crippen molar-refractivity contribution in [1.82, 2.24) is 9.97 Å². The van der Waals surface area contributed by atoms with Crippen LogP contribution < -0.4 is 4.18 Å². The zero-order chi connectivity index (χ0) is 18.2. The van der Waals surface area contributed by atoms with E-state index in [0.29, 0.717) is 0 Å². The molecule has 0 saturated heterocycles. The second-order valence-electron chi connectivity index (χ2n) is 4.88. The summed E-state index contributed by atoms with van der Waals surface area (Å²) < 4.78 is 77.5. The summed E-state index contributed by atoms with van der Waals surface area (Å²) in [6.45, 7) is 0. The van der Waals surface area contributed by atoms with E-state index in [9.17, 15) is 26.0 Å². The van der Waals surface area contributed by atoms with Crippen LogP contribution in [0.25, 0.3) is 22.2 Å².